The summed E-state index contributed by atoms with van der Waals surface area (Å²) in [6.45, 7) is 0.154. The Morgan fingerprint density at radius 2 is 2.08 bits per heavy atom. The van der Waals surface area contributed by atoms with Gasteiger partial charge in [-0.3, -0.25) is 14.5 Å². The van der Waals surface area contributed by atoms with Gasteiger partial charge in [0.05, 0.1) is 5.69 Å². The zero-order valence-corrected chi connectivity index (χ0v) is 22.0. The summed E-state index contributed by atoms with van der Waals surface area (Å²) in [5.41, 5.74) is 6.60. The number of aromatic nitrogens is 2. The number of thiazole rings is 1. The van der Waals surface area contributed by atoms with Gasteiger partial charge >= 0.3 is 5.97 Å². The molecule has 2 aliphatic rings. The lowest BCUT2D eigenvalue weighted by atomic mass is 10.0. The van der Waals surface area contributed by atoms with Crippen molar-refractivity contribution in [1.29, 1.82) is 0 Å². The molecule has 0 bridgehead atoms. The highest BCUT2D eigenvalue weighted by Gasteiger charge is 2.54. The van der Waals surface area contributed by atoms with Crippen molar-refractivity contribution >= 4 is 80.6 Å². The number of amides is 2. The van der Waals surface area contributed by atoms with Gasteiger partial charge in [-0.05, 0) is 0 Å². The van der Waals surface area contributed by atoms with E-state index in [0.717, 1.165) is 11.3 Å². The number of carboxylic acids is 1. The lowest BCUT2D eigenvalue weighted by Crippen LogP contribution is -2.71. The number of carboxylic acid groups (broad SMARTS) is 1. The molecule has 0 radical (unpaired) electrons. The van der Waals surface area contributed by atoms with E-state index in [-0.39, 0.29) is 28.8 Å². The number of nitrogens with two attached hydrogens (primary N) is 1. The van der Waals surface area contributed by atoms with E-state index < -0.39 is 29.2 Å². The molecule has 0 saturated carbocycles. The summed E-state index contributed by atoms with van der Waals surface area (Å²) in [5.74, 6) is -2.20. The van der Waals surface area contributed by atoms with E-state index in [1.165, 1.54) is 29.2 Å². The van der Waals surface area contributed by atoms with Gasteiger partial charge in [0.15, 0.2) is 29.8 Å². The lowest BCUT2D eigenvalue weighted by Gasteiger charge is -2.49. The monoisotopic (exact) mass is 572 g/mol. The van der Waals surface area contributed by atoms with Gasteiger partial charge in [0.1, 0.15) is 40.0 Å². The summed E-state index contributed by atoms with van der Waals surface area (Å²) >= 11 is 15.0. The van der Waals surface area contributed by atoms with Crippen LogP contribution in [0.1, 0.15) is 5.69 Å². The van der Waals surface area contributed by atoms with Crippen molar-refractivity contribution < 1.29 is 28.9 Å². The number of carbonyl (C=O) groups is 3. The van der Waals surface area contributed by atoms with Crippen LogP contribution in [0, 0.1) is 0 Å². The Morgan fingerprint density at radius 3 is 2.64 bits per heavy atom. The van der Waals surface area contributed by atoms with E-state index in [1.54, 1.807) is 24.0 Å². The van der Waals surface area contributed by atoms with Gasteiger partial charge in [-0.15, -0.1) is 23.1 Å². The minimum Gasteiger partial charge on any atom is -0.477 e. The highest BCUT2D eigenvalue weighted by atomic mass is 35.5. The van der Waals surface area contributed by atoms with Crippen LogP contribution in [0.15, 0.2) is 34.2 Å². The molecule has 36 heavy (non-hydrogen) atoms. The number of aliphatic carboxylic acids is 1. The third-order valence-corrected chi connectivity index (χ3v) is 7.94. The Kier molecular flexibility index (Phi) is 7.59. The zero-order valence-electron chi connectivity index (χ0n) is 18.8. The molecule has 12 nitrogen and oxygen atoms in total. The second-order valence-electron chi connectivity index (χ2n) is 7.56. The Labute approximate surface area is 223 Å². The molecule has 190 valence electrons. The molecule has 2 unspecified atom stereocenters. The quantitative estimate of drug-likeness (QED) is 0.157. The molecule has 2 aromatic rings. The predicted octanol–water partition coefficient (Wildman–Crippen LogP) is 1.15. The molecule has 2 amide bonds. The summed E-state index contributed by atoms with van der Waals surface area (Å²) in [5, 5.41) is 21.0. The predicted molar refractivity (Wildman–Crippen MR) is 136 cm³/mol. The minimum atomic E-state index is -1.25. The van der Waals surface area contributed by atoms with Gasteiger partial charge in [0, 0.05) is 23.8 Å². The number of oxime groups is 1. The molecule has 0 aromatic carbocycles. The van der Waals surface area contributed by atoms with E-state index in [0.29, 0.717) is 27.1 Å². The van der Waals surface area contributed by atoms with Crippen LogP contribution in [0.4, 0.5) is 10.8 Å². The third-order valence-electron chi connectivity index (χ3n) is 5.36. The molecule has 2 atom stereocenters. The van der Waals surface area contributed by atoms with Crippen molar-refractivity contribution in [3.8, 4) is 0 Å². The zero-order chi connectivity index (χ0) is 26.1. The largest absolute Gasteiger partial charge is 0.477 e. The number of β-lactam (4-membered cyclic amide) rings is 1. The minimum absolute atomic E-state index is 0.134. The highest BCUT2D eigenvalue weighted by Crippen LogP contribution is 2.40. The average Bonchev–Trinajstić information content (AvgIpc) is 3.25. The number of thioether (sulfide) groups is 1. The van der Waals surface area contributed by atoms with Crippen LogP contribution in [0.3, 0.4) is 0 Å². The second kappa shape index (κ2) is 10.5. The van der Waals surface area contributed by atoms with Crippen molar-refractivity contribution in [2.75, 3.05) is 31.0 Å². The van der Waals surface area contributed by atoms with Gasteiger partial charge < -0.3 is 26.3 Å². The van der Waals surface area contributed by atoms with E-state index in [1.807, 2.05) is 0 Å². The number of nitrogens with one attached hydrogen (secondary N) is 2. The Morgan fingerprint density at radius 1 is 1.39 bits per heavy atom. The maximum absolute atomic E-state index is 13.0. The fraction of sp³-hybridized carbons (Fsp3) is 0.300. The van der Waals surface area contributed by atoms with Crippen LogP contribution in [0.25, 0.3) is 0 Å². The first-order valence-electron chi connectivity index (χ1n) is 10.3. The van der Waals surface area contributed by atoms with Crippen LogP contribution in [0.2, 0.25) is 10.0 Å². The van der Waals surface area contributed by atoms with Crippen LogP contribution in [-0.2, 0) is 25.8 Å². The van der Waals surface area contributed by atoms with E-state index in [4.69, 9.17) is 33.8 Å². The average molecular weight is 573 g/mol. The van der Waals surface area contributed by atoms with Crippen LogP contribution < -0.4 is 20.9 Å². The highest BCUT2D eigenvalue weighted by molar-refractivity contribution is 8.00. The summed E-state index contributed by atoms with van der Waals surface area (Å²) < 4.78 is 1.65. The lowest BCUT2D eigenvalue weighted by molar-refractivity contribution is -0.688. The third kappa shape index (κ3) is 4.81. The van der Waals surface area contributed by atoms with E-state index >= 15 is 0 Å². The van der Waals surface area contributed by atoms with Gasteiger partial charge in [0.25, 0.3) is 11.8 Å². The SMILES string of the molecule is CNc1c(Cl)c[n+](CC2=C(C(=O)O)N3C(=O)C(NC(=O)C(=NOC)c4csc(N)n4)C3SC2)cc1Cl. The fourth-order valence-electron chi connectivity index (χ4n) is 3.83. The summed E-state index contributed by atoms with van der Waals surface area (Å²) in [6.07, 6.45) is 3.23. The molecule has 1 saturated heterocycles. The molecular weight excluding hydrogens is 553 g/mol. The molecule has 2 aliphatic heterocycles. The summed E-state index contributed by atoms with van der Waals surface area (Å²) in [7, 11) is 2.95. The molecule has 0 aliphatic carbocycles. The number of anilines is 2. The molecule has 2 aromatic heterocycles. The van der Waals surface area contributed by atoms with Crippen molar-refractivity contribution in [2.24, 2.45) is 5.16 Å². The molecule has 1 fully saturated rings. The second-order valence-corrected chi connectivity index (χ2v) is 10.4. The van der Waals surface area contributed by atoms with E-state index in [9.17, 15) is 19.5 Å². The van der Waals surface area contributed by atoms with Crippen molar-refractivity contribution in [3.63, 3.8) is 0 Å². The summed E-state index contributed by atoms with van der Waals surface area (Å²) in [6, 6.07) is -0.956. The molecule has 0 spiro atoms. The maximum Gasteiger partial charge on any atom is 0.352 e. The number of rotatable bonds is 8. The Hall–Kier alpha value is -3.07. The first-order chi connectivity index (χ1) is 17.2. The molecule has 4 heterocycles. The number of hydrogen-bond acceptors (Lipinski definition) is 10. The molecule has 5 N–H and O–H groups in total. The maximum atomic E-state index is 13.0. The molecule has 4 rings (SSSR count). The number of nitrogens with zero attached hydrogens (tertiary/aromatic N) is 4. The number of hydrogen-bond donors (Lipinski definition) is 4. The van der Waals surface area contributed by atoms with Crippen molar-refractivity contribution in [3.05, 3.63) is 44.8 Å². The smallest absolute Gasteiger partial charge is 0.352 e. The van der Waals surface area contributed by atoms with Crippen LogP contribution in [0.5, 0.6) is 0 Å². The number of carbonyl (C=O) groups excluding carboxylic acids is 2. The van der Waals surface area contributed by atoms with Crippen molar-refractivity contribution in [2.45, 2.75) is 18.0 Å². The first-order valence-corrected chi connectivity index (χ1v) is 12.9. The van der Waals surface area contributed by atoms with E-state index in [2.05, 4.69) is 20.8 Å². The standard InChI is InChI=1S/C20H19Cl2N7O5S2/c1-24-12-9(21)4-28(5-10(12)22)3-8-6-35-18-14(17(31)29(18)15(8)19(32)33)26-16(30)13(27-34-2)11-7-36-20(23)25-11/h4-5,7,14,18H,3,6H2,1-2H3,(H4,23,25,26,30,32,33)/p+1. The van der Waals surface area contributed by atoms with Gasteiger partial charge in [0.2, 0.25) is 0 Å². The van der Waals surface area contributed by atoms with Crippen LogP contribution >= 0.6 is 46.3 Å². The Bertz CT molecular complexity index is 1290. The Balaban J connectivity index is 1.55. The fourth-order valence-corrected chi connectivity index (χ4v) is 6.40. The van der Waals surface area contributed by atoms with Crippen LogP contribution in [-0.4, -0.2) is 69.8 Å². The van der Waals surface area contributed by atoms with Gasteiger partial charge in [-0.25, -0.2) is 9.78 Å². The van der Waals surface area contributed by atoms with Gasteiger partial charge in [-0.2, -0.15) is 4.57 Å². The number of nitrogen functional groups attached to an aromatic ring is 1. The van der Waals surface area contributed by atoms with Gasteiger partial charge in [-0.1, -0.05) is 28.4 Å². The summed E-state index contributed by atoms with van der Waals surface area (Å²) in [4.78, 5) is 48.0. The molecular formula is C20H20Cl2N7O5S2+. The topological polar surface area (TPSA) is 163 Å². The number of halogens is 2. The number of pyridine rings is 1. The number of fused-ring (bicyclic) bond motifs is 1. The first kappa shape index (κ1) is 26.0. The van der Waals surface area contributed by atoms with Crippen molar-refractivity contribution in [1.82, 2.24) is 15.2 Å². The molecule has 16 heteroatoms. The normalized spacial score (nSPS) is 19.5.